The lowest BCUT2D eigenvalue weighted by atomic mass is 10.1. The third-order valence-corrected chi connectivity index (χ3v) is 4.89. The van der Waals surface area contributed by atoms with Crippen LogP contribution in [0.25, 0.3) is 0 Å². The van der Waals surface area contributed by atoms with Gasteiger partial charge in [-0.25, -0.2) is 8.42 Å². The smallest absolute Gasteiger partial charge is 0.241 e. The number of nitrogens with two attached hydrogens (primary N) is 1. The van der Waals surface area contributed by atoms with E-state index in [9.17, 15) is 8.42 Å². The van der Waals surface area contributed by atoms with Gasteiger partial charge in [0, 0.05) is 0 Å². The van der Waals surface area contributed by atoms with Crippen LogP contribution in [0.2, 0.25) is 0 Å². The molecule has 0 saturated heterocycles. The van der Waals surface area contributed by atoms with E-state index >= 15 is 0 Å². The first-order valence-corrected chi connectivity index (χ1v) is 8.23. The van der Waals surface area contributed by atoms with Crippen LogP contribution in [-0.4, -0.2) is 13.4 Å². The minimum absolute atomic E-state index is 0.0818. The Kier molecular flexibility index (Phi) is 4.72. The van der Waals surface area contributed by atoms with Gasteiger partial charge in [0.2, 0.25) is 10.0 Å². The number of benzene rings is 2. The van der Waals surface area contributed by atoms with Crippen molar-refractivity contribution >= 4 is 27.2 Å². The van der Waals surface area contributed by atoms with E-state index in [0.29, 0.717) is 11.1 Å². The summed E-state index contributed by atoms with van der Waals surface area (Å²) in [6.07, 6.45) is 0. The molecule has 0 amide bonds. The summed E-state index contributed by atoms with van der Waals surface area (Å²) in [4.78, 5) is 0.306. The molecule has 0 aliphatic carbocycles. The molecular formula is C15H16N2O2S2. The number of sulfonamides is 1. The average Bonchev–Trinajstić information content (AvgIpc) is 2.46. The molecule has 0 fully saturated rings. The Morgan fingerprint density at radius 2 is 1.67 bits per heavy atom. The third-order valence-electron chi connectivity index (χ3n) is 3.07. The molecule has 0 bridgehead atoms. The molecule has 0 radical (unpaired) electrons. The van der Waals surface area contributed by atoms with Gasteiger partial charge in [-0.2, -0.15) is 4.72 Å². The maximum absolute atomic E-state index is 12.5. The van der Waals surface area contributed by atoms with Gasteiger partial charge in [0.25, 0.3) is 0 Å². The van der Waals surface area contributed by atoms with E-state index in [1.165, 1.54) is 0 Å². The Morgan fingerprint density at radius 3 is 2.24 bits per heavy atom. The second kappa shape index (κ2) is 6.34. The molecule has 110 valence electrons. The highest BCUT2D eigenvalue weighted by molar-refractivity contribution is 7.89. The fraction of sp³-hybridized carbons (Fsp3) is 0.133. The number of rotatable bonds is 5. The Bertz CT molecular complexity index is 743. The van der Waals surface area contributed by atoms with Crippen molar-refractivity contribution in [3.05, 3.63) is 65.7 Å². The zero-order valence-electron chi connectivity index (χ0n) is 11.5. The SMILES string of the molecule is Cc1ccccc1S(=O)(=O)NC(C(N)=S)c1ccccc1. The molecule has 1 unspecified atom stereocenters. The molecule has 1 atom stereocenters. The maximum Gasteiger partial charge on any atom is 0.241 e. The van der Waals surface area contributed by atoms with Gasteiger partial charge in [-0.1, -0.05) is 60.7 Å². The molecule has 0 aromatic heterocycles. The zero-order valence-corrected chi connectivity index (χ0v) is 13.1. The largest absolute Gasteiger partial charge is 0.392 e. The molecule has 2 aromatic carbocycles. The lowest BCUT2D eigenvalue weighted by molar-refractivity contribution is 0.577. The number of aryl methyl sites for hydroxylation is 1. The average molecular weight is 320 g/mol. The molecular weight excluding hydrogens is 304 g/mol. The minimum atomic E-state index is -3.70. The van der Waals surface area contributed by atoms with Gasteiger partial charge in [0.1, 0.15) is 0 Å². The van der Waals surface area contributed by atoms with Gasteiger partial charge in [-0.05, 0) is 24.1 Å². The normalized spacial score (nSPS) is 12.8. The monoisotopic (exact) mass is 320 g/mol. The lowest BCUT2D eigenvalue weighted by Gasteiger charge is -2.18. The summed E-state index contributed by atoms with van der Waals surface area (Å²) in [6.45, 7) is 1.74. The van der Waals surface area contributed by atoms with Crippen molar-refractivity contribution in [2.45, 2.75) is 17.9 Å². The van der Waals surface area contributed by atoms with Crippen LogP contribution >= 0.6 is 12.2 Å². The fourth-order valence-corrected chi connectivity index (χ4v) is 3.73. The van der Waals surface area contributed by atoms with Crippen LogP contribution in [0.4, 0.5) is 0 Å². The summed E-state index contributed by atoms with van der Waals surface area (Å²) < 4.78 is 27.6. The first kappa shape index (κ1) is 15.6. The molecule has 6 heteroatoms. The number of hydrogen-bond acceptors (Lipinski definition) is 3. The zero-order chi connectivity index (χ0) is 15.5. The molecule has 0 saturated carbocycles. The van der Waals surface area contributed by atoms with Crippen molar-refractivity contribution in [1.29, 1.82) is 0 Å². The molecule has 3 N–H and O–H groups in total. The van der Waals surface area contributed by atoms with Crippen molar-refractivity contribution in [2.75, 3.05) is 0 Å². The topological polar surface area (TPSA) is 72.2 Å². The summed E-state index contributed by atoms with van der Waals surface area (Å²) in [5.41, 5.74) is 7.07. The Morgan fingerprint density at radius 1 is 1.10 bits per heavy atom. The molecule has 21 heavy (non-hydrogen) atoms. The molecule has 0 spiro atoms. The molecule has 2 rings (SSSR count). The molecule has 4 nitrogen and oxygen atoms in total. The van der Waals surface area contributed by atoms with Gasteiger partial charge in [0.05, 0.1) is 15.9 Å². The van der Waals surface area contributed by atoms with Crippen LogP contribution in [0.3, 0.4) is 0 Å². The minimum Gasteiger partial charge on any atom is -0.392 e. The lowest BCUT2D eigenvalue weighted by Crippen LogP contribution is -2.36. The quantitative estimate of drug-likeness (QED) is 0.829. The predicted molar refractivity (Wildman–Crippen MR) is 87.5 cm³/mol. The van der Waals surface area contributed by atoms with Crippen LogP contribution in [0.15, 0.2) is 59.5 Å². The van der Waals surface area contributed by atoms with E-state index in [-0.39, 0.29) is 9.88 Å². The first-order valence-electron chi connectivity index (χ1n) is 6.34. The summed E-state index contributed by atoms with van der Waals surface area (Å²) in [5, 5.41) is 0. The van der Waals surface area contributed by atoms with Crippen LogP contribution in [0.5, 0.6) is 0 Å². The van der Waals surface area contributed by atoms with Gasteiger partial charge < -0.3 is 5.73 Å². The number of nitrogens with one attached hydrogen (secondary N) is 1. The van der Waals surface area contributed by atoms with Crippen LogP contribution in [-0.2, 0) is 10.0 Å². The highest BCUT2D eigenvalue weighted by Gasteiger charge is 2.24. The fourth-order valence-electron chi connectivity index (χ4n) is 2.01. The van der Waals surface area contributed by atoms with Crippen molar-refractivity contribution in [2.24, 2.45) is 5.73 Å². The number of hydrogen-bond donors (Lipinski definition) is 2. The number of thiocarbonyl (C=S) groups is 1. The van der Waals surface area contributed by atoms with Gasteiger partial charge in [0.15, 0.2) is 0 Å². The molecule has 0 aliphatic rings. The van der Waals surface area contributed by atoms with Crippen molar-refractivity contribution in [1.82, 2.24) is 4.72 Å². The summed E-state index contributed by atoms with van der Waals surface area (Å²) in [6, 6.07) is 15.1. The van der Waals surface area contributed by atoms with Crippen molar-refractivity contribution in [3.63, 3.8) is 0 Å². The van der Waals surface area contributed by atoms with E-state index in [2.05, 4.69) is 4.72 Å². The van der Waals surface area contributed by atoms with Gasteiger partial charge in [-0.3, -0.25) is 0 Å². The van der Waals surface area contributed by atoms with E-state index in [1.54, 1.807) is 43.3 Å². The predicted octanol–water partition coefficient (Wildman–Crippen LogP) is 2.30. The highest BCUT2D eigenvalue weighted by atomic mass is 32.2. The van der Waals surface area contributed by atoms with Gasteiger partial charge >= 0.3 is 0 Å². The molecule has 0 aliphatic heterocycles. The standard InChI is InChI=1S/C15H16N2O2S2/c1-11-7-5-6-10-13(11)21(18,19)17-14(15(16)20)12-8-3-2-4-9-12/h2-10,14,17H,1H3,(H2,16,20). The second-order valence-corrected chi connectivity index (χ2v) is 6.79. The van der Waals surface area contributed by atoms with Crippen LogP contribution in [0.1, 0.15) is 17.2 Å². The van der Waals surface area contributed by atoms with Crippen molar-refractivity contribution in [3.8, 4) is 0 Å². The molecule has 2 aromatic rings. The Balaban J connectivity index is 2.38. The Hall–Kier alpha value is -1.76. The Labute approximate surface area is 130 Å². The summed E-state index contributed by atoms with van der Waals surface area (Å²) in [7, 11) is -3.70. The summed E-state index contributed by atoms with van der Waals surface area (Å²) >= 11 is 5.00. The van der Waals surface area contributed by atoms with E-state index in [1.807, 2.05) is 18.2 Å². The van der Waals surface area contributed by atoms with Crippen LogP contribution < -0.4 is 10.5 Å². The van der Waals surface area contributed by atoms with Crippen LogP contribution in [0, 0.1) is 6.92 Å². The summed E-state index contributed by atoms with van der Waals surface area (Å²) in [5.74, 6) is 0. The van der Waals surface area contributed by atoms with Gasteiger partial charge in [-0.15, -0.1) is 0 Å². The highest BCUT2D eigenvalue weighted by Crippen LogP contribution is 2.19. The van der Waals surface area contributed by atoms with Crippen molar-refractivity contribution < 1.29 is 8.42 Å². The first-order chi connectivity index (χ1) is 9.92. The maximum atomic E-state index is 12.5. The van der Waals surface area contributed by atoms with E-state index in [0.717, 1.165) is 0 Å². The van der Waals surface area contributed by atoms with E-state index < -0.39 is 16.1 Å². The third kappa shape index (κ3) is 3.66. The second-order valence-electron chi connectivity index (χ2n) is 4.63. The molecule has 0 heterocycles. The van der Waals surface area contributed by atoms with E-state index in [4.69, 9.17) is 18.0 Å².